The number of hydrogen-bond donors (Lipinski definition) is 0. The van der Waals surface area contributed by atoms with Gasteiger partial charge in [0.15, 0.2) is 0 Å². The molecule has 0 fully saturated rings. The molecule has 0 spiro atoms. The first kappa shape index (κ1) is 29.8. The van der Waals surface area contributed by atoms with Crippen LogP contribution in [0.15, 0.2) is 97.2 Å². The number of ether oxygens (including phenoxy) is 2. The van der Waals surface area contributed by atoms with Gasteiger partial charge in [0.25, 0.3) is 0 Å². The molecule has 0 N–H and O–H groups in total. The van der Waals surface area contributed by atoms with Crippen LogP contribution in [0, 0.1) is 6.92 Å². The van der Waals surface area contributed by atoms with Crippen molar-refractivity contribution in [1.82, 2.24) is 4.98 Å². The molecule has 4 aromatic carbocycles. The van der Waals surface area contributed by atoms with Crippen LogP contribution in [0.5, 0.6) is 5.75 Å². The number of aromatic nitrogens is 1. The number of esters is 1. The molecule has 0 saturated heterocycles. The van der Waals surface area contributed by atoms with Gasteiger partial charge >= 0.3 is 12.1 Å². The van der Waals surface area contributed by atoms with Gasteiger partial charge in [-0.3, -0.25) is 9.78 Å². The molecule has 220 valence electrons. The van der Waals surface area contributed by atoms with E-state index in [1.165, 1.54) is 13.2 Å². The molecule has 5 aromatic rings. The molecule has 0 saturated carbocycles. The number of aryl methyl sites for hydroxylation is 1. The van der Waals surface area contributed by atoms with Crippen LogP contribution in [0.1, 0.15) is 47.2 Å². The quantitative estimate of drug-likeness (QED) is 0.171. The Balaban J connectivity index is 1.50. The number of nitrogens with zero attached hydrogens (tertiary/aromatic N) is 1. The number of hydrogen-bond acceptors (Lipinski definition) is 4. The van der Waals surface area contributed by atoms with Gasteiger partial charge < -0.3 is 9.47 Å². The van der Waals surface area contributed by atoms with Gasteiger partial charge in [-0.05, 0) is 84.3 Å². The third-order valence-corrected chi connectivity index (χ3v) is 7.82. The molecule has 0 aliphatic heterocycles. The van der Waals surface area contributed by atoms with Crippen LogP contribution in [0.4, 0.5) is 13.2 Å². The van der Waals surface area contributed by atoms with Gasteiger partial charge in [-0.25, -0.2) is 0 Å². The second-order valence-electron chi connectivity index (χ2n) is 11.1. The monoisotopic (exact) mass is 583 g/mol. The van der Waals surface area contributed by atoms with Crippen molar-refractivity contribution in [2.75, 3.05) is 7.11 Å². The van der Waals surface area contributed by atoms with E-state index in [0.717, 1.165) is 39.4 Å². The Bertz CT molecular complexity index is 1780. The lowest BCUT2D eigenvalue weighted by Gasteiger charge is -2.22. The first-order valence-corrected chi connectivity index (χ1v) is 13.9. The maximum atomic E-state index is 13.9. The molecule has 43 heavy (non-hydrogen) atoms. The first-order chi connectivity index (χ1) is 20.5. The SMILES string of the molecule is COC(=O)C(C)(C)c1ccc(COc2cccc(-c3c(Cc4ccccc4C)cnc4c(C(F)(F)F)cccc34)c2)cc1. The third kappa shape index (κ3) is 6.26. The Morgan fingerprint density at radius 3 is 2.28 bits per heavy atom. The summed E-state index contributed by atoms with van der Waals surface area (Å²) in [4.78, 5) is 16.5. The summed E-state index contributed by atoms with van der Waals surface area (Å²) in [5, 5.41) is 0.432. The second kappa shape index (κ2) is 11.9. The number of methoxy groups -OCH3 is 1. The van der Waals surface area contributed by atoms with E-state index in [0.29, 0.717) is 23.1 Å². The van der Waals surface area contributed by atoms with Crippen molar-refractivity contribution in [2.24, 2.45) is 0 Å². The van der Waals surface area contributed by atoms with E-state index < -0.39 is 17.2 Å². The van der Waals surface area contributed by atoms with Gasteiger partial charge in [0, 0.05) is 11.6 Å². The molecule has 1 heterocycles. The summed E-state index contributed by atoms with van der Waals surface area (Å²) in [5.41, 5.74) is 4.52. The van der Waals surface area contributed by atoms with E-state index >= 15 is 0 Å². The van der Waals surface area contributed by atoms with Crippen LogP contribution in [0.2, 0.25) is 0 Å². The van der Waals surface area contributed by atoms with E-state index in [2.05, 4.69) is 4.98 Å². The highest BCUT2D eigenvalue weighted by molar-refractivity contribution is 5.98. The smallest absolute Gasteiger partial charge is 0.418 e. The standard InChI is InChI=1S/C36H32F3NO3/c1-23-9-5-6-10-25(23)19-27-21-40-33-30(13-8-14-31(33)36(37,38)39)32(27)26-11-7-12-29(20-26)43-22-24-15-17-28(18-16-24)35(2,3)34(41)42-4/h5-18,20-21H,19,22H2,1-4H3. The van der Waals surface area contributed by atoms with Crippen LogP contribution in [0.25, 0.3) is 22.0 Å². The van der Waals surface area contributed by atoms with Crippen molar-refractivity contribution in [3.8, 4) is 16.9 Å². The van der Waals surface area contributed by atoms with Crippen LogP contribution in [-0.4, -0.2) is 18.1 Å². The molecule has 0 unspecified atom stereocenters. The minimum Gasteiger partial charge on any atom is -0.489 e. The molecule has 1 aromatic heterocycles. The molecule has 0 bridgehead atoms. The number of alkyl halides is 3. The Morgan fingerprint density at radius 2 is 1.58 bits per heavy atom. The maximum Gasteiger partial charge on any atom is 0.418 e. The number of benzene rings is 4. The molecule has 0 atom stereocenters. The molecule has 5 rings (SSSR count). The molecule has 0 aliphatic carbocycles. The summed E-state index contributed by atoms with van der Waals surface area (Å²) in [6.07, 6.45) is -2.46. The van der Waals surface area contributed by atoms with Crippen LogP contribution < -0.4 is 4.74 Å². The molecule has 0 radical (unpaired) electrons. The third-order valence-electron chi connectivity index (χ3n) is 7.82. The van der Waals surface area contributed by atoms with Gasteiger partial charge in [0.05, 0.1) is 23.6 Å². The van der Waals surface area contributed by atoms with Gasteiger partial charge in [-0.1, -0.05) is 72.8 Å². The summed E-state index contributed by atoms with van der Waals surface area (Å²) in [6, 6.07) is 27.1. The number of para-hydroxylation sites is 1. The van der Waals surface area contributed by atoms with E-state index in [1.54, 1.807) is 12.3 Å². The Hall–Kier alpha value is -4.65. The van der Waals surface area contributed by atoms with Crippen molar-refractivity contribution >= 4 is 16.9 Å². The Morgan fingerprint density at radius 1 is 0.860 bits per heavy atom. The summed E-state index contributed by atoms with van der Waals surface area (Å²) >= 11 is 0. The Kier molecular flexibility index (Phi) is 8.27. The largest absolute Gasteiger partial charge is 0.489 e. The molecule has 4 nitrogen and oxygen atoms in total. The Labute approximate surface area is 249 Å². The molecule has 0 amide bonds. The fraction of sp³-hybridized carbons (Fsp3) is 0.222. The second-order valence-corrected chi connectivity index (χ2v) is 11.1. The maximum absolute atomic E-state index is 13.9. The van der Waals surface area contributed by atoms with E-state index in [4.69, 9.17) is 9.47 Å². The summed E-state index contributed by atoms with van der Waals surface area (Å²) in [7, 11) is 1.37. The van der Waals surface area contributed by atoms with E-state index in [9.17, 15) is 18.0 Å². The first-order valence-electron chi connectivity index (χ1n) is 13.9. The molecule has 0 aliphatic rings. The number of carbonyl (C=O) groups excluding carboxylic acids is 1. The van der Waals surface area contributed by atoms with Crippen LogP contribution >= 0.6 is 0 Å². The number of halogens is 3. The van der Waals surface area contributed by atoms with Crippen molar-refractivity contribution < 1.29 is 27.4 Å². The van der Waals surface area contributed by atoms with Crippen molar-refractivity contribution in [2.45, 2.75) is 45.4 Å². The van der Waals surface area contributed by atoms with E-state index in [-0.39, 0.29) is 18.1 Å². The van der Waals surface area contributed by atoms with Crippen LogP contribution in [0.3, 0.4) is 0 Å². The normalized spacial score (nSPS) is 11.9. The minimum atomic E-state index is -4.53. The fourth-order valence-corrected chi connectivity index (χ4v) is 5.28. The lowest BCUT2D eigenvalue weighted by atomic mass is 9.84. The number of pyridine rings is 1. The van der Waals surface area contributed by atoms with Gasteiger partial charge in [0.1, 0.15) is 12.4 Å². The molecular formula is C36H32F3NO3. The fourth-order valence-electron chi connectivity index (χ4n) is 5.28. The molecular weight excluding hydrogens is 551 g/mol. The van der Waals surface area contributed by atoms with Gasteiger partial charge in [-0.15, -0.1) is 0 Å². The zero-order chi connectivity index (χ0) is 30.8. The zero-order valence-electron chi connectivity index (χ0n) is 24.5. The summed E-state index contributed by atoms with van der Waals surface area (Å²) in [5.74, 6) is 0.261. The highest BCUT2D eigenvalue weighted by Crippen LogP contribution is 2.40. The predicted octanol–water partition coefficient (Wildman–Crippen LogP) is 8.85. The number of fused-ring (bicyclic) bond motifs is 1. The zero-order valence-corrected chi connectivity index (χ0v) is 24.5. The topological polar surface area (TPSA) is 48.4 Å². The lowest BCUT2D eigenvalue weighted by Crippen LogP contribution is -2.30. The van der Waals surface area contributed by atoms with Crippen molar-refractivity contribution in [3.63, 3.8) is 0 Å². The average molecular weight is 584 g/mol. The van der Waals surface area contributed by atoms with Crippen molar-refractivity contribution in [1.29, 1.82) is 0 Å². The summed E-state index contributed by atoms with van der Waals surface area (Å²) in [6.45, 7) is 5.91. The predicted molar refractivity (Wildman–Crippen MR) is 162 cm³/mol. The van der Waals surface area contributed by atoms with Crippen LogP contribution in [-0.2, 0) is 34.2 Å². The highest BCUT2D eigenvalue weighted by Gasteiger charge is 2.34. The lowest BCUT2D eigenvalue weighted by molar-refractivity contribution is -0.146. The van der Waals surface area contributed by atoms with Gasteiger partial charge in [0.2, 0.25) is 0 Å². The highest BCUT2D eigenvalue weighted by atomic mass is 19.4. The number of rotatable bonds is 8. The number of carbonyl (C=O) groups is 1. The molecule has 7 heteroatoms. The van der Waals surface area contributed by atoms with Gasteiger partial charge in [-0.2, -0.15) is 13.2 Å². The average Bonchev–Trinajstić information content (AvgIpc) is 3.00. The van der Waals surface area contributed by atoms with E-state index in [1.807, 2.05) is 93.6 Å². The summed E-state index contributed by atoms with van der Waals surface area (Å²) < 4.78 is 52.9. The van der Waals surface area contributed by atoms with Crippen molar-refractivity contribution in [3.05, 3.63) is 131 Å². The minimum absolute atomic E-state index is 0.0835.